The number of rotatable bonds is 3. The Hall–Kier alpha value is -2.59. The molecule has 0 spiro atoms. The minimum Gasteiger partial charge on any atom is -0.367 e. The van der Waals surface area contributed by atoms with E-state index in [1.807, 2.05) is 13.8 Å². The van der Waals surface area contributed by atoms with Gasteiger partial charge in [-0.3, -0.25) is 4.79 Å². The lowest BCUT2D eigenvalue weighted by atomic mass is 9.93. The van der Waals surface area contributed by atoms with Crippen LogP contribution < -0.4 is 5.32 Å². The summed E-state index contributed by atoms with van der Waals surface area (Å²) in [6.45, 7) is 6.43. The number of piperidine rings is 1. The lowest BCUT2D eigenvalue weighted by Gasteiger charge is -2.35. The molecule has 4 rings (SSSR count). The van der Waals surface area contributed by atoms with Gasteiger partial charge in [-0.1, -0.05) is 19.0 Å². The highest BCUT2D eigenvalue weighted by molar-refractivity contribution is 5.93. The standard InChI is InChI=1S/C19H25F3N6O2/c1-10(2)13-8-15(19(20,21)22)28-16(23-13)9-14(24-28)12-4-6-27(7-5-12)18(29)17-11(3)25-30-26-17/h9-10,12-13,15,23H,4-8H2,1-3H3/t13-,15+/m0/s1. The lowest BCUT2D eigenvalue weighted by Crippen LogP contribution is -2.41. The van der Waals surface area contributed by atoms with Crippen LogP contribution in [0.4, 0.5) is 19.0 Å². The van der Waals surface area contributed by atoms with Crippen molar-refractivity contribution in [3.05, 3.63) is 23.1 Å². The summed E-state index contributed by atoms with van der Waals surface area (Å²) in [4.78, 5) is 14.2. The number of aromatic nitrogens is 4. The summed E-state index contributed by atoms with van der Waals surface area (Å²) in [7, 11) is 0. The van der Waals surface area contributed by atoms with Crippen molar-refractivity contribution in [2.24, 2.45) is 5.92 Å². The van der Waals surface area contributed by atoms with Gasteiger partial charge < -0.3 is 10.2 Å². The first-order valence-electron chi connectivity index (χ1n) is 10.2. The largest absolute Gasteiger partial charge is 0.410 e. The monoisotopic (exact) mass is 426 g/mol. The molecule has 164 valence electrons. The predicted molar refractivity (Wildman–Crippen MR) is 101 cm³/mol. The maximum Gasteiger partial charge on any atom is 0.410 e. The van der Waals surface area contributed by atoms with Crippen molar-refractivity contribution in [2.45, 2.75) is 64.2 Å². The van der Waals surface area contributed by atoms with Crippen molar-refractivity contribution in [1.82, 2.24) is 25.0 Å². The second kappa shape index (κ2) is 7.59. The number of likely N-dealkylation sites (tertiary alicyclic amines) is 1. The zero-order chi connectivity index (χ0) is 21.6. The molecule has 0 bridgehead atoms. The molecule has 2 aliphatic rings. The molecular formula is C19H25F3N6O2. The summed E-state index contributed by atoms with van der Waals surface area (Å²) in [5.74, 6) is 0.248. The number of nitrogens with one attached hydrogen (secondary N) is 1. The Morgan fingerprint density at radius 3 is 2.53 bits per heavy atom. The molecule has 8 nitrogen and oxygen atoms in total. The average Bonchev–Trinajstić information content (AvgIpc) is 3.31. The summed E-state index contributed by atoms with van der Waals surface area (Å²) in [5, 5.41) is 14.9. The van der Waals surface area contributed by atoms with Crippen LogP contribution >= 0.6 is 0 Å². The first kappa shape index (κ1) is 20.7. The molecule has 0 aliphatic carbocycles. The van der Waals surface area contributed by atoms with Gasteiger partial charge in [0, 0.05) is 31.1 Å². The number of anilines is 1. The van der Waals surface area contributed by atoms with Crippen LogP contribution in [-0.4, -0.2) is 56.2 Å². The van der Waals surface area contributed by atoms with Crippen LogP contribution in [0, 0.1) is 12.8 Å². The Bertz CT molecular complexity index is 914. The van der Waals surface area contributed by atoms with Gasteiger partial charge in [-0.25, -0.2) is 9.31 Å². The quantitative estimate of drug-likeness (QED) is 0.808. The normalized spacial score (nSPS) is 22.8. The number of fused-ring (bicyclic) bond motifs is 1. The van der Waals surface area contributed by atoms with Crippen molar-refractivity contribution in [3.8, 4) is 0 Å². The van der Waals surface area contributed by atoms with Crippen LogP contribution in [0.2, 0.25) is 0 Å². The van der Waals surface area contributed by atoms with E-state index >= 15 is 0 Å². The molecule has 2 aromatic rings. The van der Waals surface area contributed by atoms with E-state index in [-0.39, 0.29) is 35.9 Å². The molecule has 1 amide bonds. The first-order chi connectivity index (χ1) is 14.1. The number of hydrogen-bond donors (Lipinski definition) is 1. The van der Waals surface area contributed by atoms with E-state index in [4.69, 9.17) is 0 Å². The molecule has 2 atom stereocenters. The molecule has 0 aromatic carbocycles. The Labute approximate surface area is 171 Å². The number of halogens is 3. The van der Waals surface area contributed by atoms with Gasteiger partial charge in [0.25, 0.3) is 5.91 Å². The minimum absolute atomic E-state index is 0.00290. The summed E-state index contributed by atoms with van der Waals surface area (Å²) < 4.78 is 46.7. The second-order valence-corrected chi connectivity index (χ2v) is 8.45. The van der Waals surface area contributed by atoms with Crippen LogP contribution in [0.25, 0.3) is 0 Å². The number of amides is 1. The van der Waals surface area contributed by atoms with Crippen molar-refractivity contribution in [2.75, 3.05) is 18.4 Å². The van der Waals surface area contributed by atoms with E-state index in [0.29, 0.717) is 43.1 Å². The second-order valence-electron chi connectivity index (χ2n) is 8.45. The molecule has 1 N–H and O–H groups in total. The third-order valence-electron chi connectivity index (χ3n) is 6.10. The van der Waals surface area contributed by atoms with Crippen molar-refractivity contribution < 1.29 is 22.6 Å². The highest BCUT2D eigenvalue weighted by Crippen LogP contribution is 2.42. The lowest BCUT2D eigenvalue weighted by molar-refractivity contribution is -0.174. The first-order valence-corrected chi connectivity index (χ1v) is 10.2. The van der Waals surface area contributed by atoms with Crippen LogP contribution in [0.5, 0.6) is 0 Å². The van der Waals surface area contributed by atoms with Gasteiger partial charge in [0.15, 0.2) is 11.7 Å². The van der Waals surface area contributed by atoms with Gasteiger partial charge in [0.2, 0.25) is 0 Å². The Morgan fingerprint density at radius 1 is 1.27 bits per heavy atom. The van der Waals surface area contributed by atoms with Gasteiger partial charge >= 0.3 is 6.18 Å². The number of carbonyl (C=O) groups excluding carboxylic acids is 1. The molecule has 0 saturated carbocycles. The minimum atomic E-state index is -4.35. The zero-order valence-corrected chi connectivity index (χ0v) is 17.1. The van der Waals surface area contributed by atoms with Crippen LogP contribution in [0.1, 0.15) is 66.9 Å². The van der Waals surface area contributed by atoms with Crippen LogP contribution in [-0.2, 0) is 0 Å². The third-order valence-corrected chi connectivity index (χ3v) is 6.10. The summed E-state index contributed by atoms with van der Waals surface area (Å²) in [6.07, 6.45) is -3.15. The number of alkyl halides is 3. The molecule has 2 aliphatic heterocycles. The molecule has 0 radical (unpaired) electrons. The van der Waals surface area contributed by atoms with Gasteiger partial charge in [-0.15, -0.1) is 0 Å². The molecule has 0 unspecified atom stereocenters. The fraction of sp³-hybridized carbons (Fsp3) is 0.684. The summed E-state index contributed by atoms with van der Waals surface area (Å²) in [5.41, 5.74) is 1.28. The highest BCUT2D eigenvalue weighted by Gasteiger charge is 2.47. The summed E-state index contributed by atoms with van der Waals surface area (Å²) >= 11 is 0. The molecule has 4 heterocycles. The highest BCUT2D eigenvalue weighted by atomic mass is 19.4. The van der Waals surface area contributed by atoms with Crippen molar-refractivity contribution in [3.63, 3.8) is 0 Å². The smallest absolute Gasteiger partial charge is 0.367 e. The van der Waals surface area contributed by atoms with E-state index in [0.717, 1.165) is 4.68 Å². The molecule has 1 fully saturated rings. The van der Waals surface area contributed by atoms with E-state index < -0.39 is 12.2 Å². The van der Waals surface area contributed by atoms with Gasteiger partial charge in [-0.2, -0.15) is 18.3 Å². The third kappa shape index (κ3) is 3.77. The number of aryl methyl sites for hydroxylation is 1. The molecule has 11 heteroatoms. The van der Waals surface area contributed by atoms with E-state index in [1.54, 1.807) is 17.9 Å². The molecule has 1 saturated heterocycles. The predicted octanol–water partition coefficient (Wildman–Crippen LogP) is 3.54. The van der Waals surface area contributed by atoms with Crippen molar-refractivity contribution in [1.29, 1.82) is 0 Å². The Kier molecular flexibility index (Phi) is 5.23. The number of carbonyl (C=O) groups is 1. The molecule has 2 aromatic heterocycles. The van der Waals surface area contributed by atoms with Gasteiger partial charge in [0.1, 0.15) is 11.5 Å². The van der Waals surface area contributed by atoms with Gasteiger partial charge in [-0.05, 0) is 37.3 Å². The van der Waals surface area contributed by atoms with Crippen molar-refractivity contribution >= 4 is 11.7 Å². The Morgan fingerprint density at radius 2 is 1.97 bits per heavy atom. The number of hydrogen-bond acceptors (Lipinski definition) is 6. The molecule has 30 heavy (non-hydrogen) atoms. The van der Waals surface area contributed by atoms with E-state index in [9.17, 15) is 18.0 Å². The molecular weight excluding hydrogens is 401 g/mol. The van der Waals surface area contributed by atoms with E-state index in [2.05, 4.69) is 25.4 Å². The SMILES string of the molecule is Cc1nonc1C(=O)N1CCC(c2cc3n(n2)[C@@H](C(F)(F)F)C[C@@H](C(C)C)N3)CC1. The summed E-state index contributed by atoms with van der Waals surface area (Å²) in [6, 6.07) is -0.145. The number of nitrogens with zero attached hydrogens (tertiary/aromatic N) is 5. The average molecular weight is 426 g/mol. The van der Waals surface area contributed by atoms with Crippen LogP contribution in [0.3, 0.4) is 0 Å². The topological polar surface area (TPSA) is 89.1 Å². The maximum absolute atomic E-state index is 13.7. The fourth-order valence-electron chi connectivity index (χ4n) is 4.21. The van der Waals surface area contributed by atoms with Gasteiger partial charge in [0.05, 0.1) is 5.69 Å². The fourth-order valence-corrected chi connectivity index (χ4v) is 4.21. The Balaban J connectivity index is 1.49. The zero-order valence-electron chi connectivity index (χ0n) is 17.1. The van der Waals surface area contributed by atoms with E-state index in [1.165, 1.54) is 0 Å². The maximum atomic E-state index is 13.7. The van der Waals surface area contributed by atoms with Crippen LogP contribution in [0.15, 0.2) is 10.7 Å².